The van der Waals surface area contributed by atoms with Gasteiger partial charge in [-0.05, 0) is 42.8 Å². The monoisotopic (exact) mass is 488 g/mol. The Hall–Kier alpha value is -1.15. The van der Waals surface area contributed by atoms with Crippen LogP contribution in [0.15, 0.2) is 40.4 Å². The normalized spacial score (nSPS) is 19.1. The molecule has 7 heteroatoms. The van der Waals surface area contributed by atoms with E-state index >= 15 is 0 Å². The van der Waals surface area contributed by atoms with Gasteiger partial charge in [-0.1, -0.05) is 63.5 Å². The molecule has 0 saturated heterocycles. The minimum atomic E-state index is -0.445. The van der Waals surface area contributed by atoms with Crippen LogP contribution >= 0.6 is 15.9 Å². The average molecular weight is 490 g/mol. The number of aliphatic hydroxyl groups excluding tert-OH is 1. The first-order valence-corrected chi connectivity index (χ1v) is 12.2. The fraction of sp³-hybridized carbons (Fsp3) is 0.696. The van der Waals surface area contributed by atoms with Gasteiger partial charge >= 0.3 is 0 Å². The van der Waals surface area contributed by atoms with Crippen molar-refractivity contribution >= 4 is 22.1 Å². The predicted octanol–water partition coefficient (Wildman–Crippen LogP) is 4.75. The summed E-state index contributed by atoms with van der Waals surface area (Å²) in [4.78, 5) is 4.33. The fourth-order valence-corrected chi connectivity index (χ4v) is 2.52. The van der Waals surface area contributed by atoms with Crippen molar-refractivity contribution < 1.29 is 9.84 Å². The van der Waals surface area contributed by atoms with Crippen LogP contribution in [0.4, 0.5) is 0 Å². The Morgan fingerprint density at radius 2 is 1.93 bits per heavy atom. The Balaban J connectivity index is 0. The van der Waals surface area contributed by atoms with Crippen molar-refractivity contribution in [2.75, 3.05) is 18.9 Å². The van der Waals surface area contributed by atoms with Gasteiger partial charge in [0.2, 0.25) is 5.88 Å². The Bertz CT molecular complexity index is 578. The van der Waals surface area contributed by atoms with Gasteiger partial charge in [-0.2, -0.15) is 0 Å². The van der Waals surface area contributed by atoms with Crippen molar-refractivity contribution in [3.05, 3.63) is 35.4 Å². The molecule has 0 fully saturated rings. The molecule has 0 aromatic rings. The molecule has 30 heavy (non-hydrogen) atoms. The Morgan fingerprint density at radius 3 is 2.37 bits per heavy atom. The Labute approximate surface area is 193 Å². The highest BCUT2D eigenvalue weighted by Gasteiger charge is 2.19. The van der Waals surface area contributed by atoms with Crippen LogP contribution in [0, 0.1) is 11.3 Å². The molecule has 0 aliphatic heterocycles. The van der Waals surface area contributed by atoms with E-state index in [-0.39, 0.29) is 17.4 Å². The molecule has 0 aromatic heterocycles. The Morgan fingerprint density at radius 1 is 1.37 bits per heavy atom. The van der Waals surface area contributed by atoms with Crippen LogP contribution in [0.2, 0.25) is 0 Å². The van der Waals surface area contributed by atoms with Crippen molar-refractivity contribution in [1.82, 2.24) is 5.01 Å². The molecular weight excluding hydrogens is 444 g/mol. The van der Waals surface area contributed by atoms with Gasteiger partial charge in [0, 0.05) is 37.3 Å². The van der Waals surface area contributed by atoms with E-state index < -0.39 is 6.10 Å². The van der Waals surface area contributed by atoms with Gasteiger partial charge < -0.3 is 15.6 Å². The first-order valence-electron chi connectivity index (χ1n) is 10.6. The number of ether oxygens (including phenoxy) is 1. The summed E-state index contributed by atoms with van der Waals surface area (Å²) in [6.07, 6.45) is 7.63. The van der Waals surface area contributed by atoms with Gasteiger partial charge in [0.25, 0.3) is 0 Å². The van der Waals surface area contributed by atoms with Crippen molar-refractivity contribution in [2.45, 2.75) is 74.0 Å². The van der Waals surface area contributed by atoms with Gasteiger partial charge in [-0.15, -0.1) is 0 Å². The maximum absolute atomic E-state index is 9.53. The number of hydrogen-bond acceptors (Lipinski definition) is 6. The van der Waals surface area contributed by atoms with Crippen molar-refractivity contribution in [2.24, 2.45) is 27.9 Å². The SMILES string of the molecule is C/C=C(\N=C/C(C)C(C)O)OC1C=C(N)C(CN(N)CC(C)(C)C)=CC1.CBr.CC. The lowest BCUT2D eigenvalue weighted by Crippen LogP contribution is -2.40. The first-order chi connectivity index (χ1) is 14.0. The summed E-state index contributed by atoms with van der Waals surface area (Å²) in [5.74, 6) is 8.41. The molecule has 1 rings (SSSR count). The molecule has 1 aliphatic carbocycles. The van der Waals surface area contributed by atoms with E-state index in [1.54, 1.807) is 24.2 Å². The summed E-state index contributed by atoms with van der Waals surface area (Å²) in [6, 6.07) is 0. The van der Waals surface area contributed by atoms with E-state index in [1.165, 1.54) is 0 Å². The third-order valence-electron chi connectivity index (χ3n) is 4.10. The fourth-order valence-electron chi connectivity index (χ4n) is 2.52. The van der Waals surface area contributed by atoms with Crippen LogP contribution in [-0.4, -0.2) is 47.5 Å². The smallest absolute Gasteiger partial charge is 0.209 e. The van der Waals surface area contributed by atoms with Crippen LogP contribution in [0.1, 0.15) is 61.8 Å². The molecule has 3 atom stereocenters. The lowest BCUT2D eigenvalue weighted by Gasteiger charge is -2.28. The topological polar surface area (TPSA) is 97.1 Å². The summed E-state index contributed by atoms with van der Waals surface area (Å²) in [5, 5.41) is 11.3. The number of rotatable bonds is 8. The van der Waals surface area contributed by atoms with Gasteiger partial charge in [-0.25, -0.2) is 10.0 Å². The van der Waals surface area contributed by atoms with Crippen LogP contribution in [0.5, 0.6) is 0 Å². The molecule has 3 unspecified atom stereocenters. The van der Waals surface area contributed by atoms with Crippen molar-refractivity contribution in [3.63, 3.8) is 0 Å². The van der Waals surface area contributed by atoms with Crippen LogP contribution < -0.4 is 11.6 Å². The molecule has 0 spiro atoms. The van der Waals surface area contributed by atoms with E-state index in [1.807, 2.05) is 39.6 Å². The molecule has 0 bridgehead atoms. The second-order valence-electron chi connectivity index (χ2n) is 8.21. The molecule has 0 radical (unpaired) electrons. The second kappa shape index (κ2) is 16.5. The zero-order chi connectivity index (χ0) is 23.9. The van der Waals surface area contributed by atoms with Gasteiger partial charge in [-0.3, -0.25) is 5.84 Å². The highest BCUT2D eigenvalue weighted by Crippen LogP contribution is 2.21. The van der Waals surface area contributed by atoms with E-state index in [4.69, 9.17) is 16.3 Å². The lowest BCUT2D eigenvalue weighted by atomic mass is 9.96. The van der Waals surface area contributed by atoms with Gasteiger partial charge in [0.05, 0.1) is 6.10 Å². The van der Waals surface area contributed by atoms with E-state index in [2.05, 4.69) is 47.8 Å². The molecule has 0 amide bonds. The van der Waals surface area contributed by atoms with Crippen molar-refractivity contribution in [3.8, 4) is 0 Å². The van der Waals surface area contributed by atoms with E-state index in [0.717, 1.165) is 18.5 Å². The van der Waals surface area contributed by atoms with Gasteiger partial charge in [0.15, 0.2) is 0 Å². The number of aliphatic imine (C=N–C) groups is 1. The summed E-state index contributed by atoms with van der Waals surface area (Å²) in [6.45, 7) is 17.4. The number of nitrogens with two attached hydrogens (primary N) is 2. The third-order valence-corrected chi connectivity index (χ3v) is 4.10. The minimum Gasteiger partial charge on any atom is -0.470 e. The summed E-state index contributed by atoms with van der Waals surface area (Å²) < 4.78 is 5.91. The molecular formula is C23H45BrN4O2. The summed E-state index contributed by atoms with van der Waals surface area (Å²) in [7, 11) is 0. The largest absolute Gasteiger partial charge is 0.470 e. The zero-order valence-electron chi connectivity index (χ0n) is 20.4. The molecule has 0 saturated carbocycles. The maximum Gasteiger partial charge on any atom is 0.209 e. The zero-order valence-corrected chi connectivity index (χ0v) is 22.0. The summed E-state index contributed by atoms with van der Waals surface area (Å²) in [5.41, 5.74) is 8.06. The Kier molecular flexibility index (Phi) is 17.1. The quantitative estimate of drug-likeness (QED) is 0.150. The highest BCUT2D eigenvalue weighted by molar-refractivity contribution is 9.08. The van der Waals surface area contributed by atoms with Gasteiger partial charge in [0.1, 0.15) is 6.10 Å². The minimum absolute atomic E-state index is 0.0367. The van der Waals surface area contributed by atoms with E-state index in [9.17, 15) is 5.11 Å². The molecule has 0 heterocycles. The number of halogens is 1. The highest BCUT2D eigenvalue weighted by atomic mass is 79.9. The van der Waals surface area contributed by atoms with Crippen LogP contribution in [-0.2, 0) is 4.74 Å². The second-order valence-corrected chi connectivity index (χ2v) is 8.21. The molecule has 1 aliphatic rings. The number of allylic oxidation sites excluding steroid dienone is 1. The molecule has 6 nitrogen and oxygen atoms in total. The maximum atomic E-state index is 9.53. The number of alkyl halides is 1. The number of aliphatic hydroxyl groups is 1. The number of nitrogens with zero attached hydrogens (tertiary/aromatic N) is 2. The molecule has 176 valence electrons. The van der Waals surface area contributed by atoms with E-state index in [0.29, 0.717) is 18.1 Å². The predicted molar refractivity (Wildman–Crippen MR) is 134 cm³/mol. The number of hydrogen-bond donors (Lipinski definition) is 3. The third kappa shape index (κ3) is 14.0. The van der Waals surface area contributed by atoms with Crippen LogP contribution in [0.3, 0.4) is 0 Å². The molecule has 5 N–H and O–H groups in total. The average Bonchev–Trinajstić information content (AvgIpc) is 2.68. The van der Waals surface area contributed by atoms with Crippen LogP contribution in [0.25, 0.3) is 0 Å². The first kappa shape index (κ1) is 31.0. The number of hydrazine groups is 1. The lowest BCUT2D eigenvalue weighted by molar-refractivity contribution is 0.150. The van der Waals surface area contributed by atoms with Crippen molar-refractivity contribution in [1.29, 1.82) is 0 Å². The molecule has 0 aromatic carbocycles. The summed E-state index contributed by atoms with van der Waals surface area (Å²) >= 11 is 2.94. The standard InChI is InChI=1S/C20H36N4O2.C2H6.CH3Br/c1-7-19(23-11-14(2)15(3)25)26-17-9-8-16(18(21)10-17)12-24(22)13-20(4,5)6;2*1-2/h7-8,10-11,14-15,17,25H,9,12-13,21-22H2,1-6H3;1-2H3;1H3/b19-7+,23-11-;;.